The molecule has 0 saturated carbocycles. The normalized spacial score (nSPS) is 11.6. The fourth-order valence-corrected chi connectivity index (χ4v) is 3.84. The molecule has 0 amide bonds. The molecular weight excluding hydrogens is 394 g/mol. The third-order valence-corrected chi connectivity index (χ3v) is 6.76. The fourth-order valence-electron chi connectivity index (χ4n) is 2.82. The van der Waals surface area contributed by atoms with E-state index in [1.165, 1.54) is 38.4 Å². The van der Waals surface area contributed by atoms with Crippen LogP contribution in [0.4, 0.5) is 0 Å². The van der Waals surface area contributed by atoms with Crippen molar-refractivity contribution in [2.45, 2.75) is 32.6 Å². The molecule has 0 unspecified atom stereocenters. The molecule has 0 atom stereocenters. The molecule has 0 aliphatic heterocycles. The van der Waals surface area contributed by atoms with Crippen LogP contribution in [-0.4, -0.2) is 45.4 Å². The molecule has 2 aromatic carbocycles. The average Bonchev–Trinajstić information content (AvgIpc) is 2.72. The molecule has 0 fully saturated rings. The van der Waals surface area contributed by atoms with Crippen molar-refractivity contribution in [3.8, 4) is 0 Å². The van der Waals surface area contributed by atoms with Gasteiger partial charge in [-0.1, -0.05) is 10.5 Å². The number of Topliss-reactive ketones (excluding diaryl/α,β-unsaturated/α-hetero) is 1. The number of rotatable bonds is 7. The van der Waals surface area contributed by atoms with E-state index in [-0.39, 0.29) is 16.2 Å². The van der Waals surface area contributed by atoms with Gasteiger partial charge in [0.1, 0.15) is 0 Å². The van der Waals surface area contributed by atoms with Crippen LogP contribution in [0.3, 0.4) is 0 Å². The monoisotopic (exact) mass is 419 g/mol. The summed E-state index contributed by atoms with van der Waals surface area (Å²) in [5.74, 6) is -1.10. The van der Waals surface area contributed by atoms with E-state index in [1.54, 1.807) is 6.07 Å². The summed E-state index contributed by atoms with van der Waals surface area (Å²) >= 11 is 0. The van der Waals surface area contributed by atoms with Gasteiger partial charge in [0.05, 0.1) is 17.6 Å². The summed E-state index contributed by atoms with van der Waals surface area (Å²) in [6.45, 7) is 7.29. The lowest BCUT2D eigenvalue weighted by atomic mass is 9.93. The first-order valence-corrected chi connectivity index (χ1v) is 10.4. The smallest absolute Gasteiger partial charge is 0.338 e. The maximum atomic E-state index is 12.6. The van der Waals surface area contributed by atoms with Gasteiger partial charge in [0.2, 0.25) is 5.78 Å². The number of carbonyl (C=O) groups excluding carboxylic acids is 2. The largest absolute Gasteiger partial charge is 0.454 e. The molecule has 0 radical (unpaired) electrons. The Morgan fingerprint density at radius 1 is 1.00 bits per heavy atom. The maximum absolute atomic E-state index is 12.6. The number of esters is 1. The van der Waals surface area contributed by atoms with Crippen molar-refractivity contribution >= 4 is 21.8 Å². The van der Waals surface area contributed by atoms with Gasteiger partial charge in [-0.05, 0) is 74.2 Å². The van der Waals surface area contributed by atoms with E-state index < -0.39 is 22.6 Å². The Kier molecular flexibility index (Phi) is 6.94. The molecule has 7 nitrogen and oxygen atoms in total. The van der Waals surface area contributed by atoms with Crippen LogP contribution < -0.4 is 0 Å². The molecule has 0 aromatic heterocycles. The Hall–Kier alpha value is -2.55. The van der Waals surface area contributed by atoms with Gasteiger partial charge in [0.25, 0.3) is 10.0 Å². The van der Waals surface area contributed by atoms with E-state index in [2.05, 4.69) is 0 Å². The molecule has 0 spiro atoms. The molecule has 0 heterocycles. The highest BCUT2D eigenvalue weighted by atomic mass is 32.2. The zero-order valence-corrected chi connectivity index (χ0v) is 18.2. The number of nitrogens with zero attached hydrogens (tertiary/aromatic N) is 1. The van der Waals surface area contributed by atoms with Crippen LogP contribution >= 0.6 is 0 Å². The molecule has 8 heteroatoms. The Morgan fingerprint density at radius 3 is 2.28 bits per heavy atom. The van der Waals surface area contributed by atoms with E-state index in [9.17, 15) is 18.0 Å². The number of hydrogen-bond acceptors (Lipinski definition) is 6. The lowest BCUT2D eigenvalue weighted by Gasteiger charge is -2.15. The second-order valence-corrected chi connectivity index (χ2v) is 8.68. The van der Waals surface area contributed by atoms with E-state index in [0.29, 0.717) is 10.0 Å². The Morgan fingerprint density at radius 2 is 1.66 bits per heavy atom. The van der Waals surface area contributed by atoms with E-state index in [0.717, 1.165) is 22.3 Å². The standard InChI is InChI=1S/C21H25NO6S/c1-13-10-19(16(4)15(3)14(13)2)20(23)12-28-21(24)17-8-7-9-18(11-17)29(25,26)22(5)27-6/h7-11H,12H2,1-6H3. The minimum atomic E-state index is -3.90. The van der Waals surface area contributed by atoms with Crippen LogP contribution in [0.2, 0.25) is 0 Å². The Balaban J connectivity index is 2.18. The number of carbonyl (C=O) groups is 2. The quantitative estimate of drug-likeness (QED) is 0.389. The molecule has 0 aliphatic rings. The summed E-state index contributed by atoms with van der Waals surface area (Å²) in [6, 6.07) is 7.16. The Bertz CT molecular complexity index is 1060. The SMILES string of the molecule is CON(C)S(=O)(=O)c1cccc(C(=O)OCC(=O)c2cc(C)c(C)c(C)c2C)c1. The van der Waals surface area contributed by atoms with Crippen molar-refractivity contribution in [3.05, 3.63) is 63.7 Å². The first-order chi connectivity index (χ1) is 13.5. The summed E-state index contributed by atoms with van der Waals surface area (Å²) in [7, 11) is -1.44. The first kappa shape index (κ1) is 22.7. The van der Waals surface area contributed by atoms with Crippen LogP contribution in [0.5, 0.6) is 0 Å². The third-order valence-electron chi connectivity index (χ3n) is 5.08. The molecule has 0 aliphatic carbocycles. The Labute approximate surface area is 171 Å². The minimum Gasteiger partial charge on any atom is -0.454 e. The van der Waals surface area contributed by atoms with Crippen LogP contribution in [0, 0.1) is 27.7 Å². The molecule has 0 N–H and O–H groups in total. The van der Waals surface area contributed by atoms with Gasteiger partial charge in [0.15, 0.2) is 6.61 Å². The van der Waals surface area contributed by atoms with Crippen molar-refractivity contribution in [2.24, 2.45) is 0 Å². The highest BCUT2D eigenvalue weighted by molar-refractivity contribution is 7.89. The van der Waals surface area contributed by atoms with E-state index in [1.807, 2.05) is 27.7 Å². The van der Waals surface area contributed by atoms with Gasteiger partial charge in [-0.15, -0.1) is 0 Å². The summed E-state index contributed by atoms with van der Waals surface area (Å²) in [5, 5.41) is 0. The number of hydrogen-bond donors (Lipinski definition) is 0. The van der Waals surface area contributed by atoms with Crippen molar-refractivity contribution in [2.75, 3.05) is 20.8 Å². The average molecular weight is 419 g/mol. The number of ether oxygens (including phenoxy) is 1. The fraction of sp³-hybridized carbons (Fsp3) is 0.333. The van der Waals surface area contributed by atoms with Crippen LogP contribution in [0.15, 0.2) is 35.2 Å². The summed E-state index contributed by atoms with van der Waals surface area (Å²) in [4.78, 5) is 29.5. The van der Waals surface area contributed by atoms with Crippen LogP contribution in [0.1, 0.15) is 43.0 Å². The predicted molar refractivity (Wildman–Crippen MR) is 108 cm³/mol. The van der Waals surface area contributed by atoms with E-state index in [4.69, 9.17) is 9.57 Å². The molecule has 2 rings (SSSR count). The van der Waals surface area contributed by atoms with Gasteiger partial charge < -0.3 is 4.74 Å². The number of ketones is 1. The summed E-state index contributed by atoms with van der Waals surface area (Å²) in [5.41, 5.74) is 4.52. The second kappa shape index (κ2) is 8.86. The van der Waals surface area contributed by atoms with Crippen molar-refractivity contribution < 1.29 is 27.6 Å². The van der Waals surface area contributed by atoms with E-state index >= 15 is 0 Å². The third kappa shape index (κ3) is 4.72. The van der Waals surface area contributed by atoms with Gasteiger partial charge in [0, 0.05) is 12.6 Å². The number of aryl methyl sites for hydroxylation is 1. The highest BCUT2D eigenvalue weighted by Crippen LogP contribution is 2.22. The topological polar surface area (TPSA) is 90.0 Å². The minimum absolute atomic E-state index is 0.0244. The molecule has 0 bridgehead atoms. The molecule has 2 aromatic rings. The van der Waals surface area contributed by atoms with Gasteiger partial charge in [-0.25, -0.2) is 13.2 Å². The number of benzene rings is 2. The van der Waals surface area contributed by atoms with Crippen molar-refractivity contribution in [1.82, 2.24) is 4.47 Å². The zero-order chi connectivity index (χ0) is 21.9. The molecule has 0 saturated heterocycles. The summed E-state index contributed by atoms with van der Waals surface area (Å²) < 4.78 is 30.4. The maximum Gasteiger partial charge on any atom is 0.338 e. The molecule has 29 heavy (non-hydrogen) atoms. The molecule has 156 valence electrons. The lowest BCUT2D eigenvalue weighted by Crippen LogP contribution is -2.26. The first-order valence-electron chi connectivity index (χ1n) is 8.91. The zero-order valence-electron chi connectivity index (χ0n) is 17.4. The van der Waals surface area contributed by atoms with Crippen LogP contribution in [0.25, 0.3) is 0 Å². The summed E-state index contributed by atoms with van der Waals surface area (Å²) in [6.07, 6.45) is 0. The number of hydroxylamine groups is 1. The van der Waals surface area contributed by atoms with Crippen LogP contribution in [-0.2, 0) is 19.6 Å². The van der Waals surface area contributed by atoms with Crippen molar-refractivity contribution in [1.29, 1.82) is 0 Å². The molecular formula is C21H25NO6S. The second-order valence-electron chi connectivity index (χ2n) is 6.74. The highest BCUT2D eigenvalue weighted by Gasteiger charge is 2.23. The van der Waals surface area contributed by atoms with Gasteiger partial charge in [-0.2, -0.15) is 0 Å². The van der Waals surface area contributed by atoms with Gasteiger partial charge >= 0.3 is 5.97 Å². The lowest BCUT2D eigenvalue weighted by molar-refractivity contribution is -0.0258. The van der Waals surface area contributed by atoms with Gasteiger partial charge in [-0.3, -0.25) is 9.63 Å². The number of sulfonamides is 1. The predicted octanol–water partition coefficient (Wildman–Crippen LogP) is 3.14. The van der Waals surface area contributed by atoms with Crippen molar-refractivity contribution in [3.63, 3.8) is 0 Å².